The van der Waals surface area contributed by atoms with Crippen LogP contribution in [0, 0.1) is 11.7 Å². The van der Waals surface area contributed by atoms with E-state index < -0.39 is 36.7 Å². The van der Waals surface area contributed by atoms with Gasteiger partial charge in [0.1, 0.15) is 11.5 Å². The van der Waals surface area contributed by atoms with Crippen LogP contribution in [0.15, 0.2) is 42.9 Å². The summed E-state index contributed by atoms with van der Waals surface area (Å²) in [5.74, 6) is -2.33. The van der Waals surface area contributed by atoms with Gasteiger partial charge in [-0.3, -0.25) is 14.6 Å². The van der Waals surface area contributed by atoms with Gasteiger partial charge < -0.3 is 20.7 Å². The molecule has 4 N–H and O–H groups in total. The van der Waals surface area contributed by atoms with Crippen molar-refractivity contribution in [3.05, 3.63) is 59.9 Å². The minimum atomic E-state index is -1.72. The largest absolute Gasteiger partial charge is 0.475 e. The molecule has 0 bridgehead atoms. The summed E-state index contributed by atoms with van der Waals surface area (Å²) >= 11 is 0. The van der Waals surface area contributed by atoms with Gasteiger partial charge in [-0.2, -0.15) is 0 Å². The van der Waals surface area contributed by atoms with Crippen molar-refractivity contribution in [2.45, 2.75) is 38.7 Å². The maximum atomic E-state index is 13.7. The molecule has 1 aromatic heterocycles. The van der Waals surface area contributed by atoms with E-state index in [9.17, 15) is 24.0 Å². The Bertz CT molecular complexity index is 823. The van der Waals surface area contributed by atoms with Crippen LogP contribution < -0.4 is 10.6 Å². The highest BCUT2D eigenvalue weighted by molar-refractivity contribution is 6.43. The van der Waals surface area contributed by atoms with Crippen LogP contribution in [-0.4, -0.2) is 44.9 Å². The number of nitrogens with one attached hydrogen (secondary N) is 2. The van der Waals surface area contributed by atoms with Gasteiger partial charge in [0, 0.05) is 12.4 Å². The number of benzene rings is 1. The van der Waals surface area contributed by atoms with E-state index >= 15 is 0 Å². The molecule has 2 atom stereocenters. The maximum absolute atomic E-state index is 13.7. The van der Waals surface area contributed by atoms with Crippen LogP contribution in [-0.2, 0) is 4.79 Å². The fourth-order valence-electron chi connectivity index (χ4n) is 2.84. The summed E-state index contributed by atoms with van der Waals surface area (Å²) in [5.41, 5.74) is 0.445. The molecule has 154 valence electrons. The first-order valence-corrected chi connectivity index (χ1v) is 9.24. The monoisotopic (exact) mass is 402 g/mol. The molecule has 0 spiro atoms. The van der Waals surface area contributed by atoms with E-state index in [1.807, 2.05) is 13.8 Å². The third-order valence-corrected chi connectivity index (χ3v) is 4.17. The van der Waals surface area contributed by atoms with Crippen LogP contribution in [0.4, 0.5) is 4.39 Å². The van der Waals surface area contributed by atoms with Gasteiger partial charge in [-0.05, 0) is 30.0 Å². The number of hydrogen-bond acceptors (Lipinski definition) is 6. The first-order chi connectivity index (χ1) is 13.8. The van der Waals surface area contributed by atoms with Gasteiger partial charge in [0.05, 0.1) is 24.6 Å². The minimum Gasteiger partial charge on any atom is -0.426 e. The average molecular weight is 402 g/mol. The second-order valence-corrected chi connectivity index (χ2v) is 7.09. The number of carbonyl (C=O) groups excluding carboxylic acids is 2. The molecule has 29 heavy (non-hydrogen) atoms. The van der Waals surface area contributed by atoms with Crippen LogP contribution in [0.25, 0.3) is 0 Å². The molecule has 0 aliphatic rings. The summed E-state index contributed by atoms with van der Waals surface area (Å²) in [4.78, 5) is 32.7. The molecule has 1 heterocycles. The highest BCUT2D eigenvalue weighted by Gasteiger charge is 2.28. The van der Waals surface area contributed by atoms with E-state index in [0.29, 0.717) is 12.0 Å². The van der Waals surface area contributed by atoms with Crippen molar-refractivity contribution in [2.75, 3.05) is 0 Å². The average Bonchev–Trinajstić information content (AvgIpc) is 2.67. The molecule has 2 aromatic rings. The Morgan fingerprint density at radius 2 is 1.97 bits per heavy atom. The predicted octanol–water partition coefficient (Wildman–Crippen LogP) is 1.02. The SMILES string of the molecule is CC(C)C[C@H](NC(=O)CC(NC(=O)c1cnccn1)c1cccc(F)c1)B(O)O. The molecule has 8 nitrogen and oxygen atoms in total. The van der Waals surface area contributed by atoms with Crippen molar-refractivity contribution in [3.8, 4) is 0 Å². The molecule has 0 saturated heterocycles. The van der Waals surface area contributed by atoms with Crippen LogP contribution in [0.2, 0.25) is 0 Å². The van der Waals surface area contributed by atoms with Crippen molar-refractivity contribution in [3.63, 3.8) is 0 Å². The minimum absolute atomic E-state index is 0.0535. The molecule has 1 aromatic carbocycles. The molecule has 0 radical (unpaired) electrons. The lowest BCUT2D eigenvalue weighted by Gasteiger charge is -2.23. The Morgan fingerprint density at radius 1 is 1.21 bits per heavy atom. The number of amides is 2. The highest BCUT2D eigenvalue weighted by Crippen LogP contribution is 2.19. The standard InChI is InChI=1S/C19H24BFN4O4/c1-12(2)8-17(20(28)29)25-18(26)10-15(13-4-3-5-14(21)9-13)24-19(27)16-11-22-6-7-23-16/h3-7,9,11-12,15,17,28-29H,8,10H2,1-2H3,(H,24,27)(H,25,26)/t15?,17-/m0/s1. The summed E-state index contributed by atoms with van der Waals surface area (Å²) in [6.45, 7) is 3.77. The van der Waals surface area contributed by atoms with Gasteiger partial charge in [0.25, 0.3) is 5.91 Å². The number of rotatable bonds is 9. The number of halogens is 1. The molecule has 0 aliphatic carbocycles. The lowest BCUT2D eigenvalue weighted by atomic mass is 9.75. The Labute approximate surface area is 168 Å². The van der Waals surface area contributed by atoms with Gasteiger partial charge >= 0.3 is 7.12 Å². The zero-order chi connectivity index (χ0) is 21.4. The Kier molecular flexibility index (Phi) is 8.23. The zero-order valence-corrected chi connectivity index (χ0v) is 16.2. The summed E-state index contributed by atoms with van der Waals surface area (Å²) in [6, 6.07) is 4.69. The lowest BCUT2D eigenvalue weighted by molar-refractivity contribution is -0.122. The molecule has 2 amide bonds. The van der Waals surface area contributed by atoms with E-state index in [4.69, 9.17) is 0 Å². The van der Waals surface area contributed by atoms with Crippen molar-refractivity contribution < 1.29 is 24.0 Å². The molecule has 0 saturated carbocycles. The zero-order valence-electron chi connectivity index (χ0n) is 16.2. The molecule has 2 rings (SSSR count). The van der Waals surface area contributed by atoms with Gasteiger partial charge in [0.15, 0.2) is 0 Å². The van der Waals surface area contributed by atoms with E-state index in [0.717, 1.165) is 0 Å². The Morgan fingerprint density at radius 3 is 2.55 bits per heavy atom. The van der Waals surface area contributed by atoms with Crippen molar-refractivity contribution in [1.82, 2.24) is 20.6 Å². The normalized spacial score (nSPS) is 12.9. The van der Waals surface area contributed by atoms with Crippen LogP contribution in [0.1, 0.15) is 48.8 Å². The van der Waals surface area contributed by atoms with Gasteiger partial charge in [-0.15, -0.1) is 0 Å². The van der Waals surface area contributed by atoms with Crippen LogP contribution in [0.5, 0.6) is 0 Å². The number of carbonyl (C=O) groups is 2. The highest BCUT2D eigenvalue weighted by atomic mass is 19.1. The number of hydrogen-bond donors (Lipinski definition) is 4. The van der Waals surface area contributed by atoms with Gasteiger partial charge in [0.2, 0.25) is 5.91 Å². The van der Waals surface area contributed by atoms with Crippen molar-refractivity contribution in [1.29, 1.82) is 0 Å². The molecule has 0 aliphatic heterocycles. The molecule has 10 heteroatoms. The van der Waals surface area contributed by atoms with E-state index in [-0.39, 0.29) is 18.0 Å². The van der Waals surface area contributed by atoms with Gasteiger partial charge in [-0.25, -0.2) is 9.37 Å². The third-order valence-electron chi connectivity index (χ3n) is 4.17. The lowest BCUT2D eigenvalue weighted by Crippen LogP contribution is -2.48. The van der Waals surface area contributed by atoms with Crippen molar-refractivity contribution in [2.24, 2.45) is 5.92 Å². The topological polar surface area (TPSA) is 124 Å². The van der Waals surface area contributed by atoms with E-state index in [2.05, 4.69) is 20.6 Å². The summed E-state index contributed by atoms with van der Waals surface area (Å²) in [7, 11) is -1.72. The predicted molar refractivity (Wildman–Crippen MR) is 105 cm³/mol. The first kappa shape index (κ1) is 22.4. The fourth-order valence-corrected chi connectivity index (χ4v) is 2.84. The van der Waals surface area contributed by atoms with Crippen LogP contribution in [0.3, 0.4) is 0 Å². The summed E-state index contributed by atoms with van der Waals surface area (Å²) in [5, 5.41) is 24.2. The number of aromatic nitrogens is 2. The summed E-state index contributed by atoms with van der Waals surface area (Å²) < 4.78 is 13.7. The molecule has 0 fully saturated rings. The quantitative estimate of drug-likeness (QED) is 0.465. The molecular formula is C19H24BFN4O4. The van der Waals surface area contributed by atoms with E-state index in [1.54, 1.807) is 6.07 Å². The van der Waals surface area contributed by atoms with Crippen LogP contribution >= 0.6 is 0 Å². The summed E-state index contributed by atoms with van der Waals surface area (Å²) in [6.07, 6.45) is 4.19. The molecular weight excluding hydrogens is 378 g/mol. The molecule has 1 unspecified atom stereocenters. The first-order valence-electron chi connectivity index (χ1n) is 9.24. The smallest absolute Gasteiger partial charge is 0.426 e. The number of nitrogens with zero attached hydrogens (tertiary/aromatic N) is 2. The third kappa shape index (κ3) is 7.24. The second-order valence-electron chi connectivity index (χ2n) is 7.09. The van der Waals surface area contributed by atoms with Gasteiger partial charge in [-0.1, -0.05) is 26.0 Å². The maximum Gasteiger partial charge on any atom is 0.475 e. The Balaban J connectivity index is 2.16. The van der Waals surface area contributed by atoms with E-state index in [1.165, 1.54) is 36.8 Å². The fraction of sp³-hybridized carbons (Fsp3) is 0.368. The Hall–Kier alpha value is -2.85. The second kappa shape index (κ2) is 10.6. The van der Waals surface area contributed by atoms with Crippen molar-refractivity contribution >= 4 is 18.9 Å².